The van der Waals surface area contributed by atoms with Gasteiger partial charge in [0.2, 0.25) is 5.91 Å². The third-order valence-electron chi connectivity index (χ3n) is 6.13. The molecule has 0 fully saturated rings. The summed E-state index contributed by atoms with van der Waals surface area (Å²) in [5.41, 5.74) is 2.51. The Labute approximate surface area is 229 Å². The molecule has 0 saturated carbocycles. The molecule has 0 saturated heterocycles. The molecule has 2 amide bonds. The van der Waals surface area contributed by atoms with E-state index < -0.39 is 17.1 Å². The van der Waals surface area contributed by atoms with Gasteiger partial charge in [0, 0.05) is 27.2 Å². The standard InChI is InChI=1S/C32H24N2O4S/c35-30(26-15-7-11-21-12-8-16-27(28(21)26)32(37)38)33-24-17-19-25(20-18-24)39-29(22-9-3-1-4-10-22)31(36)34-23-13-5-2-6-14-23/h1-20,29H,(H,33,35)(H,34,36)(H,37,38). The van der Waals surface area contributed by atoms with Crippen LogP contribution in [-0.2, 0) is 4.79 Å². The van der Waals surface area contributed by atoms with Crippen LogP contribution in [0.25, 0.3) is 10.8 Å². The molecule has 1 atom stereocenters. The number of benzene rings is 5. The fourth-order valence-corrected chi connectivity index (χ4v) is 5.31. The second kappa shape index (κ2) is 11.7. The van der Waals surface area contributed by atoms with Gasteiger partial charge in [-0.05, 0) is 59.5 Å². The number of aromatic carboxylic acids is 1. The van der Waals surface area contributed by atoms with E-state index >= 15 is 0 Å². The van der Waals surface area contributed by atoms with Gasteiger partial charge in [0.1, 0.15) is 5.25 Å². The maximum atomic E-state index is 13.2. The van der Waals surface area contributed by atoms with Crippen molar-refractivity contribution in [2.24, 2.45) is 0 Å². The number of anilines is 2. The summed E-state index contributed by atoms with van der Waals surface area (Å²) in [6, 6.07) is 36.2. The number of hydrogen-bond donors (Lipinski definition) is 3. The molecule has 6 nitrogen and oxygen atoms in total. The van der Waals surface area contributed by atoms with E-state index in [2.05, 4.69) is 10.6 Å². The first-order chi connectivity index (χ1) is 19.0. The normalized spacial score (nSPS) is 11.5. The van der Waals surface area contributed by atoms with E-state index in [4.69, 9.17) is 0 Å². The molecule has 0 spiro atoms. The van der Waals surface area contributed by atoms with Gasteiger partial charge in [-0.1, -0.05) is 72.8 Å². The fraction of sp³-hybridized carbons (Fsp3) is 0.0312. The molecule has 5 aromatic carbocycles. The van der Waals surface area contributed by atoms with Crippen LogP contribution in [0.2, 0.25) is 0 Å². The number of fused-ring (bicyclic) bond motifs is 1. The summed E-state index contributed by atoms with van der Waals surface area (Å²) >= 11 is 1.41. The van der Waals surface area contributed by atoms with Crippen molar-refractivity contribution in [3.05, 3.63) is 138 Å². The number of carboxylic acids is 1. The zero-order chi connectivity index (χ0) is 27.2. The highest BCUT2D eigenvalue weighted by Crippen LogP contribution is 2.37. The predicted molar refractivity (Wildman–Crippen MR) is 155 cm³/mol. The monoisotopic (exact) mass is 532 g/mol. The van der Waals surface area contributed by atoms with Gasteiger partial charge < -0.3 is 15.7 Å². The van der Waals surface area contributed by atoms with Crippen LogP contribution in [0.15, 0.2) is 126 Å². The quantitative estimate of drug-likeness (QED) is 0.183. The van der Waals surface area contributed by atoms with Crippen LogP contribution in [0.1, 0.15) is 31.5 Å². The number of para-hydroxylation sites is 1. The van der Waals surface area contributed by atoms with Crippen LogP contribution in [0.5, 0.6) is 0 Å². The minimum absolute atomic E-state index is 0.0748. The Balaban J connectivity index is 1.35. The lowest BCUT2D eigenvalue weighted by Crippen LogP contribution is -2.19. The molecule has 0 radical (unpaired) electrons. The molecule has 0 heterocycles. The van der Waals surface area contributed by atoms with Crippen molar-refractivity contribution in [1.29, 1.82) is 0 Å². The number of thioether (sulfide) groups is 1. The summed E-state index contributed by atoms with van der Waals surface area (Å²) in [7, 11) is 0. The van der Waals surface area contributed by atoms with Crippen molar-refractivity contribution in [3.63, 3.8) is 0 Å². The van der Waals surface area contributed by atoms with Gasteiger partial charge in [-0.25, -0.2) is 4.79 Å². The average molecular weight is 533 g/mol. The van der Waals surface area contributed by atoms with E-state index in [1.165, 1.54) is 17.8 Å². The molecular weight excluding hydrogens is 508 g/mol. The molecule has 5 aromatic rings. The maximum absolute atomic E-state index is 13.2. The summed E-state index contributed by atoms with van der Waals surface area (Å²) in [5, 5.41) is 16.1. The summed E-state index contributed by atoms with van der Waals surface area (Å²) in [6.45, 7) is 0. The summed E-state index contributed by atoms with van der Waals surface area (Å²) < 4.78 is 0. The SMILES string of the molecule is O=C(O)c1cccc2cccc(C(=O)Nc3ccc(SC(C(=O)Nc4ccccc4)c4ccccc4)cc3)c12. The Bertz CT molecular complexity index is 1630. The molecule has 192 valence electrons. The molecule has 3 N–H and O–H groups in total. The van der Waals surface area contributed by atoms with Crippen molar-refractivity contribution < 1.29 is 19.5 Å². The zero-order valence-electron chi connectivity index (χ0n) is 20.7. The molecule has 0 aliphatic rings. The molecule has 1 unspecified atom stereocenters. The first-order valence-electron chi connectivity index (χ1n) is 12.2. The number of nitrogens with one attached hydrogen (secondary N) is 2. The maximum Gasteiger partial charge on any atom is 0.336 e. The molecule has 0 aliphatic heterocycles. The van der Waals surface area contributed by atoms with Gasteiger partial charge in [0.05, 0.1) is 5.56 Å². The number of hydrogen-bond acceptors (Lipinski definition) is 4. The topological polar surface area (TPSA) is 95.5 Å². The van der Waals surface area contributed by atoms with E-state index in [0.717, 1.165) is 16.1 Å². The van der Waals surface area contributed by atoms with Gasteiger partial charge in [0.15, 0.2) is 0 Å². The van der Waals surface area contributed by atoms with Crippen molar-refractivity contribution >= 4 is 51.7 Å². The smallest absolute Gasteiger partial charge is 0.336 e. The van der Waals surface area contributed by atoms with Gasteiger partial charge in [-0.2, -0.15) is 0 Å². The Morgan fingerprint density at radius 3 is 1.85 bits per heavy atom. The van der Waals surface area contributed by atoms with Gasteiger partial charge in [-0.15, -0.1) is 11.8 Å². The number of rotatable bonds is 8. The molecule has 5 rings (SSSR count). The lowest BCUT2D eigenvalue weighted by atomic mass is 9.98. The number of carboxylic acid groups (broad SMARTS) is 1. The molecule has 0 aromatic heterocycles. The summed E-state index contributed by atoms with van der Waals surface area (Å²) in [4.78, 5) is 39.0. The molecular formula is C32H24N2O4S. The zero-order valence-corrected chi connectivity index (χ0v) is 21.5. The minimum atomic E-state index is -1.09. The average Bonchev–Trinajstić information content (AvgIpc) is 2.97. The first kappa shape index (κ1) is 25.8. The molecule has 0 aliphatic carbocycles. The van der Waals surface area contributed by atoms with Crippen LogP contribution in [0, 0.1) is 0 Å². The summed E-state index contributed by atoms with van der Waals surface area (Å²) in [6.07, 6.45) is 0. The van der Waals surface area contributed by atoms with E-state index in [1.54, 1.807) is 42.5 Å². The van der Waals surface area contributed by atoms with Crippen molar-refractivity contribution in [2.75, 3.05) is 10.6 Å². The molecule has 39 heavy (non-hydrogen) atoms. The number of amides is 2. The Kier molecular flexibility index (Phi) is 7.70. The number of carbonyl (C=O) groups excluding carboxylic acids is 2. The second-order valence-electron chi connectivity index (χ2n) is 8.76. The highest BCUT2D eigenvalue weighted by molar-refractivity contribution is 8.00. The van der Waals surface area contributed by atoms with E-state index in [-0.39, 0.29) is 17.0 Å². The van der Waals surface area contributed by atoms with E-state index in [9.17, 15) is 19.5 Å². The van der Waals surface area contributed by atoms with Crippen LogP contribution in [0.4, 0.5) is 11.4 Å². The van der Waals surface area contributed by atoms with E-state index in [0.29, 0.717) is 16.5 Å². The first-order valence-corrected chi connectivity index (χ1v) is 13.1. The lowest BCUT2D eigenvalue weighted by molar-refractivity contribution is -0.115. The highest BCUT2D eigenvalue weighted by Gasteiger charge is 2.22. The van der Waals surface area contributed by atoms with Gasteiger partial charge in [0.25, 0.3) is 5.91 Å². The minimum Gasteiger partial charge on any atom is -0.478 e. The van der Waals surface area contributed by atoms with Crippen LogP contribution in [0.3, 0.4) is 0 Å². The third-order valence-corrected chi connectivity index (χ3v) is 7.39. The Hall–Kier alpha value is -4.88. The number of carbonyl (C=O) groups is 3. The van der Waals surface area contributed by atoms with E-state index in [1.807, 2.05) is 72.8 Å². The van der Waals surface area contributed by atoms with Gasteiger partial charge in [-0.3, -0.25) is 9.59 Å². The second-order valence-corrected chi connectivity index (χ2v) is 9.94. The highest BCUT2D eigenvalue weighted by atomic mass is 32.2. The lowest BCUT2D eigenvalue weighted by Gasteiger charge is -2.17. The van der Waals surface area contributed by atoms with Crippen molar-refractivity contribution in [1.82, 2.24) is 0 Å². The van der Waals surface area contributed by atoms with Gasteiger partial charge >= 0.3 is 5.97 Å². The Morgan fingerprint density at radius 2 is 1.21 bits per heavy atom. The van der Waals surface area contributed by atoms with Crippen LogP contribution < -0.4 is 10.6 Å². The summed E-state index contributed by atoms with van der Waals surface area (Å²) in [5.74, 6) is -1.63. The predicted octanol–water partition coefficient (Wildman–Crippen LogP) is 7.26. The van der Waals surface area contributed by atoms with Crippen LogP contribution in [-0.4, -0.2) is 22.9 Å². The largest absolute Gasteiger partial charge is 0.478 e. The van der Waals surface area contributed by atoms with Crippen molar-refractivity contribution in [3.8, 4) is 0 Å². The molecule has 0 bridgehead atoms. The fourth-order valence-electron chi connectivity index (χ4n) is 4.29. The molecule has 7 heteroatoms. The third kappa shape index (κ3) is 6.00. The van der Waals surface area contributed by atoms with Crippen molar-refractivity contribution in [2.45, 2.75) is 10.1 Å². The van der Waals surface area contributed by atoms with Crippen LogP contribution >= 0.6 is 11.8 Å². The Morgan fingerprint density at radius 1 is 0.615 bits per heavy atom.